The van der Waals surface area contributed by atoms with Gasteiger partial charge in [0.25, 0.3) is 0 Å². The minimum absolute atomic E-state index is 0.0570. The average Bonchev–Trinajstić information content (AvgIpc) is 2.49. The highest BCUT2D eigenvalue weighted by molar-refractivity contribution is 5.25. The van der Waals surface area contributed by atoms with Crippen molar-refractivity contribution in [3.63, 3.8) is 0 Å². The summed E-state index contributed by atoms with van der Waals surface area (Å²) in [5.41, 5.74) is 7.53. The summed E-state index contributed by atoms with van der Waals surface area (Å²) in [6, 6.07) is 10.7. The van der Waals surface area contributed by atoms with Gasteiger partial charge in [-0.3, -0.25) is 4.90 Å². The maximum Gasteiger partial charge on any atom is 0.0174 e. The van der Waals surface area contributed by atoms with Crippen LogP contribution in [-0.4, -0.2) is 55.6 Å². The van der Waals surface area contributed by atoms with Gasteiger partial charge in [0.15, 0.2) is 0 Å². The maximum absolute atomic E-state index is 6.11. The molecule has 3 nitrogen and oxygen atoms in total. The van der Waals surface area contributed by atoms with Crippen LogP contribution >= 0.6 is 0 Å². The fourth-order valence-electron chi connectivity index (χ4n) is 3.25. The van der Waals surface area contributed by atoms with Gasteiger partial charge in [0.05, 0.1) is 0 Å². The van der Waals surface area contributed by atoms with Gasteiger partial charge in [0.2, 0.25) is 0 Å². The quantitative estimate of drug-likeness (QED) is 0.871. The molecule has 3 heteroatoms. The molecule has 1 aliphatic heterocycles. The number of nitrogens with zero attached hydrogens (tertiary/aromatic N) is 2. The predicted octanol–water partition coefficient (Wildman–Crippen LogP) is 2.18. The molecule has 1 atom stereocenters. The highest BCUT2D eigenvalue weighted by Crippen LogP contribution is 2.24. The monoisotopic (exact) mass is 289 g/mol. The smallest absolute Gasteiger partial charge is 0.0174 e. The van der Waals surface area contributed by atoms with E-state index in [9.17, 15) is 0 Å². The van der Waals surface area contributed by atoms with Gasteiger partial charge in [0, 0.05) is 51.2 Å². The summed E-state index contributed by atoms with van der Waals surface area (Å²) in [5.74, 6) is 0.759. The first kappa shape index (κ1) is 16.5. The zero-order valence-electron chi connectivity index (χ0n) is 13.9. The molecule has 1 aromatic carbocycles. The predicted molar refractivity (Wildman–Crippen MR) is 90.6 cm³/mol. The van der Waals surface area contributed by atoms with Crippen LogP contribution in [0.15, 0.2) is 30.3 Å². The second kappa shape index (κ2) is 7.39. The van der Waals surface area contributed by atoms with Crippen molar-refractivity contribution in [1.29, 1.82) is 0 Å². The van der Waals surface area contributed by atoms with Gasteiger partial charge in [-0.05, 0) is 11.5 Å². The summed E-state index contributed by atoms with van der Waals surface area (Å²) in [7, 11) is 0. The van der Waals surface area contributed by atoms with E-state index in [-0.39, 0.29) is 5.41 Å². The second-order valence-electron chi connectivity index (χ2n) is 7.10. The highest BCUT2D eigenvalue weighted by atomic mass is 15.3. The molecule has 1 unspecified atom stereocenters. The van der Waals surface area contributed by atoms with Gasteiger partial charge in [-0.2, -0.15) is 0 Å². The summed E-state index contributed by atoms with van der Waals surface area (Å²) in [4.78, 5) is 5.17. The second-order valence-corrected chi connectivity index (χ2v) is 7.10. The van der Waals surface area contributed by atoms with Crippen LogP contribution in [0.1, 0.15) is 26.3 Å². The SMILES string of the molecule is CC(C)CN1CCN(CC(C)(CN)c2ccccc2)CC1. The molecule has 2 rings (SSSR count). The molecular weight excluding hydrogens is 258 g/mol. The van der Waals surface area contributed by atoms with Gasteiger partial charge in [-0.1, -0.05) is 51.1 Å². The van der Waals surface area contributed by atoms with Crippen molar-refractivity contribution in [1.82, 2.24) is 9.80 Å². The number of piperazine rings is 1. The molecule has 0 spiro atoms. The van der Waals surface area contributed by atoms with Crippen molar-refractivity contribution in [2.45, 2.75) is 26.2 Å². The Labute approximate surface area is 130 Å². The summed E-state index contributed by atoms with van der Waals surface area (Å²) in [5, 5.41) is 0. The van der Waals surface area contributed by atoms with E-state index in [0.29, 0.717) is 6.54 Å². The zero-order valence-corrected chi connectivity index (χ0v) is 13.9. The molecule has 21 heavy (non-hydrogen) atoms. The Kier molecular flexibility index (Phi) is 5.80. The van der Waals surface area contributed by atoms with Crippen LogP contribution in [0.5, 0.6) is 0 Å². The molecule has 0 bridgehead atoms. The van der Waals surface area contributed by atoms with E-state index < -0.39 is 0 Å². The van der Waals surface area contributed by atoms with Crippen LogP contribution in [0.4, 0.5) is 0 Å². The Bertz CT molecular complexity index is 410. The van der Waals surface area contributed by atoms with E-state index in [2.05, 4.69) is 60.9 Å². The number of hydrogen-bond donors (Lipinski definition) is 1. The number of rotatable bonds is 6. The van der Waals surface area contributed by atoms with Crippen LogP contribution in [0.2, 0.25) is 0 Å². The standard InChI is InChI=1S/C18H31N3/c1-16(2)13-20-9-11-21(12-10-20)15-18(3,14-19)17-7-5-4-6-8-17/h4-8,16H,9-15,19H2,1-3H3. The lowest BCUT2D eigenvalue weighted by Gasteiger charge is -2.40. The van der Waals surface area contributed by atoms with Gasteiger partial charge in [-0.15, -0.1) is 0 Å². The normalized spacial score (nSPS) is 20.6. The molecule has 1 saturated heterocycles. The van der Waals surface area contributed by atoms with E-state index in [4.69, 9.17) is 5.73 Å². The van der Waals surface area contributed by atoms with Gasteiger partial charge < -0.3 is 10.6 Å². The Morgan fingerprint density at radius 1 is 1.05 bits per heavy atom. The van der Waals surface area contributed by atoms with E-state index in [1.807, 2.05) is 0 Å². The summed E-state index contributed by atoms with van der Waals surface area (Å²) in [6.45, 7) is 14.6. The van der Waals surface area contributed by atoms with Gasteiger partial charge in [0.1, 0.15) is 0 Å². The fraction of sp³-hybridized carbons (Fsp3) is 0.667. The minimum Gasteiger partial charge on any atom is -0.330 e. The fourth-order valence-corrected chi connectivity index (χ4v) is 3.25. The summed E-state index contributed by atoms with van der Waals surface area (Å²) < 4.78 is 0. The third kappa shape index (κ3) is 4.53. The molecule has 0 aliphatic carbocycles. The van der Waals surface area contributed by atoms with Crippen molar-refractivity contribution >= 4 is 0 Å². The number of hydrogen-bond acceptors (Lipinski definition) is 3. The lowest BCUT2D eigenvalue weighted by Crippen LogP contribution is -2.52. The van der Waals surface area contributed by atoms with Crippen molar-refractivity contribution < 1.29 is 0 Å². The first-order chi connectivity index (χ1) is 10.0. The van der Waals surface area contributed by atoms with Crippen LogP contribution in [0, 0.1) is 5.92 Å². The van der Waals surface area contributed by atoms with E-state index >= 15 is 0 Å². The topological polar surface area (TPSA) is 32.5 Å². The third-order valence-electron chi connectivity index (χ3n) is 4.58. The Morgan fingerprint density at radius 3 is 2.14 bits per heavy atom. The zero-order chi connectivity index (χ0) is 15.3. The van der Waals surface area contributed by atoms with Crippen molar-refractivity contribution in [3.05, 3.63) is 35.9 Å². The van der Waals surface area contributed by atoms with Gasteiger partial charge in [-0.25, -0.2) is 0 Å². The molecule has 2 N–H and O–H groups in total. The number of benzene rings is 1. The molecular formula is C18H31N3. The van der Waals surface area contributed by atoms with Crippen LogP contribution < -0.4 is 5.73 Å². The first-order valence-electron chi connectivity index (χ1n) is 8.24. The molecule has 0 aromatic heterocycles. The number of nitrogens with two attached hydrogens (primary N) is 1. The molecule has 1 aromatic rings. The molecule has 0 amide bonds. The Morgan fingerprint density at radius 2 is 1.62 bits per heavy atom. The van der Waals surface area contributed by atoms with E-state index in [1.165, 1.54) is 25.2 Å². The van der Waals surface area contributed by atoms with Crippen LogP contribution in [-0.2, 0) is 5.41 Å². The Hall–Kier alpha value is -0.900. The summed E-state index contributed by atoms with van der Waals surface area (Å²) >= 11 is 0. The molecule has 1 aliphatic rings. The van der Waals surface area contributed by atoms with Crippen molar-refractivity contribution in [2.24, 2.45) is 11.7 Å². The van der Waals surface area contributed by atoms with Gasteiger partial charge >= 0.3 is 0 Å². The van der Waals surface area contributed by atoms with Crippen LogP contribution in [0.25, 0.3) is 0 Å². The third-order valence-corrected chi connectivity index (χ3v) is 4.58. The van der Waals surface area contributed by atoms with E-state index in [1.54, 1.807) is 0 Å². The highest BCUT2D eigenvalue weighted by Gasteiger charge is 2.29. The lowest BCUT2D eigenvalue weighted by atomic mass is 9.82. The largest absolute Gasteiger partial charge is 0.330 e. The van der Waals surface area contributed by atoms with Crippen molar-refractivity contribution in [2.75, 3.05) is 45.8 Å². The average molecular weight is 289 g/mol. The maximum atomic E-state index is 6.11. The van der Waals surface area contributed by atoms with Crippen molar-refractivity contribution in [3.8, 4) is 0 Å². The van der Waals surface area contributed by atoms with E-state index in [0.717, 1.165) is 25.6 Å². The lowest BCUT2D eigenvalue weighted by molar-refractivity contribution is 0.105. The molecule has 1 heterocycles. The molecule has 0 radical (unpaired) electrons. The molecule has 118 valence electrons. The van der Waals surface area contributed by atoms with Crippen LogP contribution in [0.3, 0.4) is 0 Å². The molecule has 1 fully saturated rings. The molecule has 0 saturated carbocycles. The first-order valence-corrected chi connectivity index (χ1v) is 8.24. The minimum atomic E-state index is 0.0570. The summed E-state index contributed by atoms with van der Waals surface area (Å²) in [6.07, 6.45) is 0. The Balaban J connectivity index is 1.92.